The van der Waals surface area contributed by atoms with Gasteiger partial charge in [-0.25, -0.2) is 17.6 Å². The third-order valence-electron chi connectivity index (χ3n) is 7.08. The maximum absolute atomic E-state index is 15.2. The van der Waals surface area contributed by atoms with E-state index in [0.717, 1.165) is 24.2 Å². The number of halogens is 4. The molecule has 9 heteroatoms. The van der Waals surface area contributed by atoms with Crippen molar-refractivity contribution in [3.05, 3.63) is 58.9 Å². The van der Waals surface area contributed by atoms with E-state index in [-0.39, 0.29) is 17.0 Å². The predicted octanol–water partition coefficient (Wildman–Crippen LogP) is 5.74. The third-order valence-corrected chi connectivity index (χ3v) is 7.08. The lowest BCUT2D eigenvalue weighted by atomic mass is 9.94. The fourth-order valence-electron chi connectivity index (χ4n) is 4.94. The molecule has 0 amide bonds. The summed E-state index contributed by atoms with van der Waals surface area (Å²) in [5.74, 6) is 2.03. The summed E-state index contributed by atoms with van der Waals surface area (Å²) < 4.78 is 59.2. The molecule has 2 aliphatic rings. The SMILES string of the molecule is Cc1nnc2nc(N3CCCc4c(C#CC5(C(C)(F)F)CC5)cccc43)c3c(F)c(F)ccc3n12. The molecule has 6 rings (SSSR count). The van der Waals surface area contributed by atoms with Crippen LogP contribution < -0.4 is 4.90 Å². The van der Waals surface area contributed by atoms with Gasteiger partial charge in [0, 0.05) is 24.7 Å². The van der Waals surface area contributed by atoms with Crippen LogP contribution in [0.15, 0.2) is 30.3 Å². The first-order chi connectivity index (χ1) is 16.7. The molecule has 35 heavy (non-hydrogen) atoms. The molecule has 1 aliphatic heterocycles. The van der Waals surface area contributed by atoms with E-state index >= 15 is 4.39 Å². The minimum Gasteiger partial charge on any atom is -0.325 e. The molecule has 0 atom stereocenters. The monoisotopic (exact) mass is 479 g/mol. The zero-order chi connectivity index (χ0) is 24.5. The Labute approximate surface area is 198 Å². The van der Waals surface area contributed by atoms with Crippen LogP contribution in [0.3, 0.4) is 0 Å². The van der Waals surface area contributed by atoms with Crippen LogP contribution in [0, 0.1) is 35.8 Å². The van der Waals surface area contributed by atoms with Gasteiger partial charge in [-0.15, -0.1) is 10.2 Å². The van der Waals surface area contributed by atoms with Crippen molar-refractivity contribution in [1.29, 1.82) is 0 Å². The van der Waals surface area contributed by atoms with Crippen molar-refractivity contribution in [3.8, 4) is 11.8 Å². The molecule has 0 radical (unpaired) electrons. The lowest BCUT2D eigenvalue weighted by molar-refractivity contribution is -0.0294. The van der Waals surface area contributed by atoms with Crippen LogP contribution in [-0.2, 0) is 6.42 Å². The number of hydrogen-bond acceptors (Lipinski definition) is 4. The molecule has 0 N–H and O–H groups in total. The van der Waals surface area contributed by atoms with Crippen molar-refractivity contribution < 1.29 is 17.6 Å². The number of nitrogens with zero attached hydrogens (tertiary/aromatic N) is 5. The zero-order valence-corrected chi connectivity index (χ0v) is 19.2. The van der Waals surface area contributed by atoms with Crippen molar-refractivity contribution in [2.24, 2.45) is 5.41 Å². The van der Waals surface area contributed by atoms with Gasteiger partial charge in [-0.3, -0.25) is 4.40 Å². The molecule has 1 fully saturated rings. The van der Waals surface area contributed by atoms with Gasteiger partial charge < -0.3 is 4.90 Å². The second-order valence-corrected chi connectivity index (χ2v) is 9.35. The lowest BCUT2D eigenvalue weighted by Crippen LogP contribution is -2.27. The Morgan fingerprint density at radius 2 is 1.89 bits per heavy atom. The molecular weight excluding hydrogens is 458 g/mol. The summed E-state index contributed by atoms with van der Waals surface area (Å²) >= 11 is 0. The quantitative estimate of drug-likeness (QED) is 0.272. The van der Waals surface area contributed by atoms with Gasteiger partial charge in [-0.1, -0.05) is 17.9 Å². The van der Waals surface area contributed by atoms with Gasteiger partial charge in [0.25, 0.3) is 11.7 Å². The van der Waals surface area contributed by atoms with Crippen molar-refractivity contribution in [3.63, 3.8) is 0 Å². The van der Waals surface area contributed by atoms with E-state index in [9.17, 15) is 13.2 Å². The molecule has 0 saturated heterocycles. The zero-order valence-electron chi connectivity index (χ0n) is 19.2. The average Bonchev–Trinajstić information content (AvgIpc) is 3.56. The van der Waals surface area contributed by atoms with Crippen molar-refractivity contribution in [1.82, 2.24) is 19.6 Å². The fraction of sp³-hybridized carbons (Fsp3) is 0.346. The van der Waals surface area contributed by atoms with Gasteiger partial charge in [0.05, 0.1) is 16.3 Å². The highest BCUT2D eigenvalue weighted by molar-refractivity contribution is 5.94. The first-order valence-electron chi connectivity index (χ1n) is 11.5. The molecule has 0 bridgehead atoms. The summed E-state index contributed by atoms with van der Waals surface area (Å²) in [7, 11) is 0. The molecule has 2 aromatic carbocycles. The molecule has 1 saturated carbocycles. The summed E-state index contributed by atoms with van der Waals surface area (Å²) in [6.45, 7) is 3.15. The van der Waals surface area contributed by atoms with Crippen LogP contribution in [0.25, 0.3) is 16.7 Å². The van der Waals surface area contributed by atoms with E-state index in [1.165, 1.54) is 6.07 Å². The van der Waals surface area contributed by atoms with Crippen LogP contribution in [0.2, 0.25) is 0 Å². The van der Waals surface area contributed by atoms with Gasteiger partial charge in [0.15, 0.2) is 11.6 Å². The van der Waals surface area contributed by atoms with Crippen LogP contribution in [-0.4, -0.2) is 32.0 Å². The predicted molar refractivity (Wildman–Crippen MR) is 124 cm³/mol. The maximum atomic E-state index is 15.2. The first-order valence-corrected chi connectivity index (χ1v) is 11.5. The highest BCUT2D eigenvalue weighted by Gasteiger charge is 2.58. The molecule has 3 heterocycles. The number of anilines is 2. The summed E-state index contributed by atoms with van der Waals surface area (Å²) in [5.41, 5.74) is 1.44. The Balaban J connectivity index is 1.54. The van der Waals surface area contributed by atoms with E-state index in [1.807, 2.05) is 17.0 Å². The molecule has 2 aromatic heterocycles. The maximum Gasteiger partial charge on any atom is 0.261 e. The molecule has 0 spiro atoms. The smallest absolute Gasteiger partial charge is 0.261 e. The topological polar surface area (TPSA) is 46.3 Å². The van der Waals surface area contributed by atoms with Gasteiger partial charge in [-0.05, 0) is 62.4 Å². The Hall–Kier alpha value is -3.67. The normalized spacial score (nSPS) is 16.8. The largest absolute Gasteiger partial charge is 0.325 e. The van der Waals surface area contributed by atoms with E-state index in [2.05, 4.69) is 27.0 Å². The highest BCUT2D eigenvalue weighted by atomic mass is 19.3. The molecule has 1 aliphatic carbocycles. The summed E-state index contributed by atoms with van der Waals surface area (Å²) in [6, 6.07) is 8.05. The van der Waals surface area contributed by atoms with Crippen LogP contribution in [0.1, 0.15) is 43.1 Å². The number of benzene rings is 2. The molecule has 178 valence electrons. The van der Waals surface area contributed by atoms with Gasteiger partial charge in [-0.2, -0.15) is 4.98 Å². The molecule has 5 nitrogen and oxygen atoms in total. The number of rotatable bonds is 2. The van der Waals surface area contributed by atoms with Gasteiger partial charge in [0.1, 0.15) is 11.6 Å². The summed E-state index contributed by atoms with van der Waals surface area (Å²) in [4.78, 5) is 6.41. The Morgan fingerprint density at radius 1 is 1.09 bits per heavy atom. The second-order valence-electron chi connectivity index (χ2n) is 9.35. The van der Waals surface area contributed by atoms with Crippen LogP contribution >= 0.6 is 0 Å². The fourth-order valence-corrected chi connectivity index (χ4v) is 4.94. The number of aromatic nitrogens is 4. The van der Waals surface area contributed by atoms with Crippen LogP contribution in [0.5, 0.6) is 0 Å². The average molecular weight is 479 g/mol. The number of hydrogen-bond donors (Lipinski definition) is 0. The Kier molecular flexibility index (Phi) is 4.62. The summed E-state index contributed by atoms with van der Waals surface area (Å²) in [6.07, 6.45) is 2.15. The minimum atomic E-state index is -2.86. The Morgan fingerprint density at radius 3 is 2.63 bits per heavy atom. The number of alkyl halides is 2. The van der Waals surface area contributed by atoms with Crippen LogP contribution in [0.4, 0.5) is 29.1 Å². The molecule has 0 unspecified atom stereocenters. The number of aryl methyl sites for hydroxylation is 1. The van der Waals surface area contributed by atoms with Gasteiger partial charge >= 0.3 is 0 Å². The first kappa shape index (κ1) is 21.8. The van der Waals surface area contributed by atoms with E-state index in [4.69, 9.17) is 0 Å². The third kappa shape index (κ3) is 3.27. The van der Waals surface area contributed by atoms with Crippen molar-refractivity contribution >= 4 is 28.2 Å². The van der Waals surface area contributed by atoms with E-state index < -0.39 is 23.0 Å². The number of fused-ring (bicyclic) bond motifs is 4. The second kappa shape index (κ2) is 7.41. The van der Waals surface area contributed by atoms with Gasteiger partial charge in [0.2, 0.25) is 0 Å². The molecule has 4 aromatic rings. The minimum absolute atomic E-state index is 0.0345. The standard InChI is InChI=1S/C26H21F4N5/c1-15-32-33-24-31-23(21-20(35(15)24)9-8-18(27)22(21)28)34-14-4-6-17-16(5-3-7-19(17)34)10-11-26(12-13-26)25(2,29)30/h3,5,7-9H,4,6,12-14H2,1-2H3. The van der Waals surface area contributed by atoms with E-state index in [1.54, 1.807) is 17.4 Å². The molecular formula is C26H21F4N5. The van der Waals surface area contributed by atoms with Crippen molar-refractivity contribution in [2.45, 2.75) is 45.5 Å². The highest BCUT2D eigenvalue weighted by Crippen LogP contribution is 2.56. The van der Waals surface area contributed by atoms with E-state index in [0.29, 0.717) is 49.1 Å². The summed E-state index contributed by atoms with van der Waals surface area (Å²) in [5, 5.41) is 8.19. The van der Waals surface area contributed by atoms with Crippen molar-refractivity contribution in [2.75, 3.05) is 11.4 Å². The lowest BCUT2D eigenvalue weighted by Gasteiger charge is -2.32. The Bertz CT molecular complexity index is 1570.